The summed E-state index contributed by atoms with van der Waals surface area (Å²) in [5.74, 6) is 0.641. The molecule has 0 fully saturated rings. The highest BCUT2D eigenvalue weighted by molar-refractivity contribution is 5.94. The first-order chi connectivity index (χ1) is 15.0. The third-order valence-electron chi connectivity index (χ3n) is 4.57. The normalized spacial score (nSPS) is 10.4. The first-order valence-corrected chi connectivity index (χ1v) is 9.64. The van der Waals surface area contributed by atoms with Crippen LogP contribution in [0.2, 0.25) is 0 Å². The third-order valence-corrected chi connectivity index (χ3v) is 4.57. The van der Waals surface area contributed by atoms with E-state index < -0.39 is 0 Å². The summed E-state index contributed by atoms with van der Waals surface area (Å²) < 4.78 is 5.77. The summed E-state index contributed by atoms with van der Waals surface area (Å²) >= 11 is 0. The van der Waals surface area contributed by atoms with Gasteiger partial charge in [-0.1, -0.05) is 36.4 Å². The van der Waals surface area contributed by atoms with Crippen LogP contribution in [0.25, 0.3) is 0 Å². The molecule has 0 saturated heterocycles. The van der Waals surface area contributed by atoms with E-state index in [0.717, 1.165) is 16.7 Å². The Morgan fingerprint density at radius 2 is 1.71 bits per heavy atom. The number of aromatic nitrogens is 2. The minimum absolute atomic E-state index is 0.0792. The quantitative estimate of drug-likeness (QED) is 0.390. The third kappa shape index (κ3) is 5.55. The molecule has 0 aliphatic carbocycles. The Morgan fingerprint density at radius 3 is 2.32 bits per heavy atom. The Hall–Kier alpha value is -3.98. The minimum atomic E-state index is -0.137. The molecule has 3 aromatic rings. The standard InChI is InChI=1S/C22H25N7O2/c1-25-18-19(26-2)28-22(24)29-21(18)31-13-16-5-3-15(4-6-16)12-27-20(30)17-9-7-14(11-23)8-10-17/h3-10H,1,11-13,23H2,2H3,(H,27,30)(H3,24,26,28,29). The number of rotatable bonds is 9. The Morgan fingerprint density at radius 1 is 1.06 bits per heavy atom. The van der Waals surface area contributed by atoms with Crippen molar-refractivity contribution in [2.24, 2.45) is 10.7 Å². The van der Waals surface area contributed by atoms with E-state index in [0.29, 0.717) is 30.2 Å². The maximum absolute atomic E-state index is 12.3. The summed E-state index contributed by atoms with van der Waals surface area (Å²) in [4.78, 5) is 24.3. The van der Waals surface area contributed by atoms with Crippen molar-refractivity contribution in [3.8, 4) is 5.88 Å². The molecule has 3 rings (SSSR count). The van der Waals surface area contributed by atoms with Crippen molar-refractivity contribution < 1.29 is 9.53 Å². The predicted molar refractivity (Wildman–Crippen MR) is 121 cm³/mol. The second-order valence-electron chi connectivity index (χ2n) is 6.68. The van der Waals surface area contributed by atoms with Crippen LogP contribution in [0.4, 0.5) is 17.5 Å². The smallest absolute Gasteiger partial charge is 0.251 e. The molecular weight excluding hydrogens is 394 g/mol. The molecule has 0 radical (unpaired) electrons. The zero-order valence-electron chi connectivity index (χ0n) is 17.3. The number of benzene rings is 2. The number of nitrogens with one attached hydrogen (secondary N) is 2. The molecule has 1 amide bonds. The summed E-state index contributed by atoms with van der Waals surface area (Å²) in [6.07, 6.45) is 0. The van der Waals surface area contributed by atoms with E-state index in [1.165, 1.54) is 0 Å². The molecule has 1 heterocycles. The Labute approximate surface area is 180 Å². The largest absolute Gasteiger partial charge is 0.471 e. The van der Waals surface area contributed by atoms with E-state index in [1.807, 2.05) is 36.4 Å². The number of hydrogen-bond acceptors (Lipinski definition) is 8. The van der Waals surface area contributed by atoms with Gasteiger partial charge in [0.2, 0.25) is 11.8 Å². The van der Waals surface area contributed by atoms with Gasteiger partial charge in [0.25, 0.3) is 5.91 Å². The van der Waals surface area contributed by atoms with E-state index in [2.05, 4.69) is 32.3 Å². The van der Waals surface area contributed by atoms with Gasteiger partial charge >= 0.3 is 0 Å². The molecule has 9 nitrogen and oxygen atoms in total. The second kappa shape index (κ2) is 10.2. The van der Waals surface area contributed by atoms with Crippen LogP contribution in [-0.2, 0) is 19.7 Å². The van der Waals surface area contributed by atoms with Crippen molar-refractivity contribution in [2.75, 3.05) is 18.1 Å². The Bertz CT molecular complexity index is 1050. The highest BCUT2D eigenvalue weighted by Gasteiger charge is 2.13. The fraction of sp³-hybridized carbons (Fsp3) is 0.182. The monoisotopic (exact) mass is 419 g/mol. The molecule has 9 heteroatoms. The number of carbonyl (C=O) groups excluding carboxylic acids is 1. The zero-order chi connectivity index (χ0) is 22.2. The fourth-order valence-corrected chi connectivity index (χ4v) is 2.85. The van der Waals surface area contributed by atoms with Crippen molar-refractivity contribution in [1.82, 2.24) is 15.3 Å². The van der Waals surface area contributed by atoms with Crippen LogP contribution < -0.4 is 26.8 Å². The Balaban J connectivity index is 1.57. The van der Waals surface area contributed by atoms with Crippen LogP contribution in [-0.4, -0.2) is 29.6 Å². The van der Waals surface area contributed by atoms with Crippen molar-refractivity contribution in [1.29, 1.82) is 0 Å². The lowest BCUT2D eigenvalue weighted by molar-refractivity contribution is 0.0951. The average molecular weight is 419 g/mol. The SMILES string of the molecule is C=Nc1c(NC)nc(N)nc1OCc1ccc(CNC(=O)c2ccc(CN)cc2)cc1. The van der Waals surface area contributed by atoms with Gasteiger partial charge in [0, 0.05) is 25.7 Å². The van der Waals surface area contributed by atoms with E-state index in [1.54, 1.807) is 19.2 Å². The first-order valence-electron chi connectivity index (χ1n) is 9.64. The summed E-state index contributed by atoms with van der Waals surface area (Å²) in [5.41, 5.74) is 15.2. The van der Waals surface area contributed by atoms with E-state index in [4.69, 9.17) is 16.2 Å². The molecule has 0 aliphatic heterocycles. The average Bonchev–Trinajstić information content (AvgIpc) is 2.81. The lowest BCUT2D eigenvalue weighted by Crippen LogP contribution is -2.22. The van der Waals surface area contributed by atoms with Crippen LogP contribution in [0.1, 0.15) is 27.0 Å². The predicted octanol–water partition coefficient (Wildman–Crippen LogP) is 2.40. The lowest BCUT2D eigenvalue weighted by atomic mass is 10.1. The zero-order valence-corrected chi connectivity index (χ0v) is 17.3. The number of nitrogens with zero attached hydrogens (tertiary/aromatic N) is 3. The highest BCUT2D eigenvalue weighted by atomic mass is 16.5. The van der Waals surface area contributed by atoms with Crippen LogP contribution >= 0.6 is 0 Å². The molecule has 0 spiro atoms. The molecule has 0 bridgehead atoms. The summed E-state index contributed by atoms with van der Waals surface area (Å²) in [6.45, 7) is 4.66. The molecule has 0 atom stereocenters. The number of carbonyl (C=O) groups is 1. The number of amides is 1. The molecule has 160 valence electrons. The fourth-order valence-electron chi connectivity index (χ4n) is 2.85. The van der Waals surface area contributed by atoms with Gasteiger partial charge in [0.05, 0.1) is 0 Å². The van der Waals surface area contributed by atoms with Gasteiger partial charge in [-0.2, -0.15) is 9.97 Å². The molecule has 0 aliphatic rings. The molecule has 31 heavy (non-hydrogen) atoms. The van der Waals surface area contributed by atoms with E-state index in [9.17, 15) is 4.79 Å². The molecule has 0 unspecified atom stereocenters. The van der Waals surface area contributed by atoms with Gasteiger partial charge < -0.3 is 26.8 Å². The minimum Gasteiger partial charge on any atom is -0.471 e. The van der Waals surface area contributed by atoms with Crippen molar-refractivity contribution >= 4 is 30.1 Å². The molecule has 2 aromatic carbocycles. The van der Waals surface area contributed by atoms with Gasteiger partial charge in [0.1, 0.15) is 6.61 Å². The molecule has 0 saturated carbocycles. The molecule has 1 aromatic heterocycles. The number of aliphatic imine (C=N–C) groups is 1. The van der Waals surface area contributed by atoms with Gasteiger partial charge in [0.15, 0.2) is 11.5 Å². The van der Waals surface area contributed by atoms with E-state index in [-0.39, 0.29) is 24.3 Å². The van der Waals surface area contributed by atoms with E-state index >= 15 is 0 Å². The molecular formula is C22H25N7O2. The van der Waals surface area contributed by atoms with Crippen LogP contribution in [0, 0.1) is 0 Å². The number of ether oxygens (including phenoxy) is 1. The first kappa shape index (κ1) is 21.7. The number of nitrogen functional groups attached to an aromatic ring is 1. The van der Waals surface area contributed by atoms with Crippen molar-refractivity contribution in [3.05, 3.63) is 70.8 Å². The number of anilines is 2. The van der Waals surface area contributed by atoms with Crippen LogP contribution in [0.3, 0.4) is 0 Å². The summed E-state index contributed by atoms with van der Waals surface area (Å²) in [5, 5.41) is 5.79. The Kier molecular flexibility index (Phi) is 7.13. The van der Waals surface area contributed by atoms with Crippen molar-refractivity contribution in [2.45, 2.75) is 19.7 Å². The summed E-state index contributed by atoms with van der Waals surface area (Å²) in [6, 6.07) is 14.9. The maximum Gasteiger partial charge on any atom is 0.251 e. The van der Waals surface area contributed by atoms with Crippen LogP contribution in [0.15, 0.2) is 53.5 Å². The van der Waals surface area contributed by atoms with Crippen molar-refractivity contribution in [3.63, 3.8) is 0 Å². The maximum atomic E-state index is 12.3. The lowest BCUT2D eigenvalue weighted by Gasteiger charge is -2.12. The van der Waals surface area contributed by atoms with Crippen LogP contribution in [0.5, 0.6) is 5.88 Å². The number of nitrogens with two attached hydrogens (primary N) is 2. The topological polar surface area (TPSA) is 141 Å². The second-order valence-corrected chi connectivity index (χ2v) is 6.68. The number of hydrogen-bond donors (Lipinski definition) is 4. The highest BCUT2D eigenvalue weighted by Crippen LogP contribution is 2.33. The van der Waals surface area contributed by atoms with Gasteiger partial charge in [-0.25, -0.2) is 0 Å². The van der Waals surface area contributed by atoms with Gasteiger partial charge in [-0.05, 0) is 35.5 Å². The summed E-state index contributed by atoms with van der Waals surface area (Å²) in [7, 11) is 1.70. The van der Waals surface area contributed by atoms with Gasteiger partial charge in [-0.3, -0.25) is 9.79 Å². The molecule has 6 N–H and O–H groups in total. The van der Waals surface area contributed by atoms with Gasteiger partial charge in [-0.15, -0.1) is 0 Å².